The Bertz CT molecular complexity index is 847. The van der Waals surface area contributed by atoms with E-state index in [2.05, 4.69) is 16.9 Å². The first-order valence-electron chi connectivity index (χ1n) is 7.62. The zero-order chi connectivity index (χ0) is 17.1. The lowest BCUT2D eigenvalue weighted by atomic mass is 10.1. The average molecular weight is 346 g/mol. The van der Waals surface area contributed by atoms with E-state index in [9.17, 15) is 0 Å². The second-order valence-corrected chi connectivity index (χ2v) is 6.11. The van der Waals surface area contributed by atoms with Gasteiger partial charge in [-0.05, 0) is 25.2 Å². The molecule has 0 saturated heterocycles. The quantitative estimate of drug-likeness (QED) is 0.683. The molecule has 0 aliphatic carbocycles. The van der Waals surface area contributed by atoms with Gasteiger partial charge in [0.05, 0.1) is 24.9 Å². The first kappa shape index (κ1) is 16.6. The van der Waals surface area contributed by atoms with E-state index in [0.717, 1.165) is 41.5 Å². The zero-order valence-electron chi connectivity index (χ0n) is 14.0. The number of methoxy groups -OCH3 is 2. The summed E-state index contributed by atoms with van der Waals surface area (Å²) >= 11 is 6.02. The number of hydrogen-bond donors (Lipinski definition) is 0. The molecule has 5 nitrogen and oxygen atoms in total. The third-order valence-electron chi connectivity index (χ3n) is 3.82. The summed E-state index contributed by atoms with van der Waals surface area (Å²) in [5, 5.41) is 0.695. The molecular weight excluding hydrogens is 326 g/mol. The number of halogens is 1. The highest BCUT2D eigenvalue weighted by atomic mass is 35.5. The molecule has 0 fully saturated rings. The molecule has 0 radical (unpaired) electrons. The van der Waals surface area contributed by atoms with Crippen LogP contribution < -0.4 is 9.47 Å². The molecule has 126 valence electrons. The maximum atomic E-state index is 6.02. The fourth-order valence-electron chi connectivity index (χ4n) is 2.79. The van der Waals surface area contributed by atoms with Crippen LogP contribution in [0, 0.1) is 0 Å². The molecule has 3 aromatic rings. The summed E-state index contributed by atoms with van der Waals surface area (Å²) in [4.78, 5) is 6.80. The van der Waals surface area contributed by atoms with Gasteiger partial charge in [-0.1, -0.05) is 23.7 Å². The molecule has 0 aliphatic heterocycles. The number of pyridine rings is 1. The van der Waals surface area contributed by atoms with Crippen LogP contribution in [-0.2, 0) is 13.1 Å². The van der Waals surface area contributed by atoms with E-state index in [4.69, 9.17) is 21.1 Å². The largest absolute Gasteiger partial charge is 0.493 e. The smallest absolute Gasteiger partial charge is 0.165 e. The molecule has 3 rings (SSSR count). The predicted molar refractivity (Wildman–Crippen MR) is 94.9 cm³/mol. The van der Waals surface area contributed by atoms with Crippen molar-refractivity contribution in [2.24, 2.45) is 0 Å². The lowest BCUT2D eigenvalue weighted by molar-refractivity contribution is 0.301. The molecule has 0 atom stereocenters. The normalized spacial score (nSPS) is 11.2. The molecule has 0 unspecified atom stereocenters. The Balaban J connectivity index is 1.76. The summed E-state index contributed by atoms with van der Waals surface area (Å²) in [5.74, 6) is 1.51. The van der Waals surface area contributed by atoms with Gasteiger partial charge in [0.2, 0.25) is 0 Å². The third kappa shape index (κ3) is 3.47. The SMILES string of the molecule is COc1cccc(CN(C)Cc2cn3cc(Cl)ccc3n2)c1OC. The number of para-hydroxylation sites is 1. The molecule has 0 saturated carbocycles. The standard InChI is InChI=1S/C18H20ClN3O2/c1-21(9-13-5-4-6-16(23-2)18(13)24-3)11-15-12-22-10-14(19)7-8-17(22)20-15/h4-8,10,12H,9,11H2,1-3H3. The van der Waals surface area contributed by atoms with Gasteiger partial charge in [0, 0.05) is 31.0 Å². The number of rotatable bonds is 6. The summed E-state index contributed by atoms with van der Waals surface area (Å²) in [5.41, 5.74) is 2.95. The van der Waals surface area contributed by atoms with E-state index >= 15 is 0 Å². The van der Waals surface area contributed by atoms with Crippen molar-refractivity contribution in [3.05, 3.63) is 59.0 Å². The lowest BCUT2D eigenvalue weighted by Gasteiger charge is -2.18. The molecule has 0 aliphatic rings. The Kier molecular flexibility index (Phi) is 4.92. The molecule has 2 aromatic heterocycles. The van der Waals surface area contributed by atoms with Crippen molar-refractivity contribution >= 4 is 17.2 Å². The first-order chi connectivity index (χ1) is 11.6. The van der Waals surface area contributed by atoms with Crippen LogP contribution in [0.25, 0.3) is 5.65 Å². The molecule has 1 aromatic carbocycles. The van der Waals surface area contributed by atoms with Gasteiger partial charge in [-0.15, -0.1) is 0 Å². The number of ether oxygens (including phenoxy) is 2. The number of hydrogen-bond acceptors (Lipinski definition) is 4. The van der Waals surface area contributed by atoms with E-state index in [-0.39, 0.29) is 0 Å². The molecule has 6 heteroatoms. The summed E-state index contributed by atoms with van der Waals surface area (Å²) in [7, 11) is 5.36. The maximum absolute atomic E-state index is 6.02. The highest BCUT2D eigenvalue weighted by molar-refractivity contribution is 6.30. The molecule has 0 spiro atoms. The van der Waals surface area contributed by atoms with Gasteiger partial charge < -0.3 is 13.9 Å². The Morgan fingerprint density at radius 3 is 2.67 bits per heavy atom. The molecule has 0 N–H and O–H groups in total. The van der Waals surface area contributed by atoms with E-state index < -0.39 is 0 Å². The average Bonchev–Trinajstić information content (AvgIpc) is 2.95. The first-order valence-corrected chi connectivity index (χ1v) is 8.00. The highest BCUT2D eigenvalue weighted by Crippen LogP contribution is 2.31. The van der Waals surface area contributed by atoms with Gasteiger partial charge in [0.1, 0.15) is 5.65 Å². The molecule has 0 amide bonds. The van der Waals surface area contributed by atoms with Crippen LogP contribution in [0.4, 0.5) is 0 Å². The van der Waals surface area contributed by atoms with E-state index in [1.807, 2.05) is 47.1 Å². The Labute approximate surface area is 146 Å². The van der Waals surface area contributed by atoms with Gasteiger partial charge in [-0.25, -0.2) is 4.98 Å². The Morgan fingerprint density at radius 2 is 1.92 bits per heavy atom. The second kappa shape index (κ2) is 7.11. The van der Waals surface area contributed by atoms with Gasteiger partial charge in [0.25, 0.3) is 0 Å². The van der Waals surface area contributed by atoms with Crippen LogP contribution in [0.2, 0.25) is 5.02 Å². The topological polar surface area (TPSA) is 39.0 Å². The lowest BCUT2D eigenvalue weighted by Crippen LogP contribution is -2.18. The van der Waals surface area contributed by atoms with Gasteiger partial charge in [-0.3, -0.25) is 4.90 Å². The third-order valence-corrected chi connectivity index (χ3v) is 4.05. The van der Waals surface area contributed by atoms with Crippen molar-refractivity contribution in [3.63, 3.8) is 0 Å². The van der Waals surface area contributed by atoms with E-state index in [1.54, 1.807) is 14.2 Å². The monoisotopic (exact) mass is 345 g/mol. The summed E-state index contributed by atoms with van der Waals surface area (Å²) in [6.07, 6.45) is 3.86. The van der Waals surface area contributed by atoms with Crippen molar-refractivity contribution in [3.8, 4) is 11.5 Å². The van der Waals surface area contributed by atoms with E-state index in [0.29, 0.717) is 5.02 Å². The number of fused-ring (bicyclic) bond motifs is 1. The van der Waals surface area contributed by atoms with Gasteiger partial charge >= 0.3 is 0 Å². The number of imidazole rings is 1. The number of benzene rings is 1. The van der Waals surface area contributed by atoms with Crippen molar-refractivity contribution in [2.45, 2.75) is 13.1 Å². The van der Waals surface area contributed by atoms with Crippen LogP contribution >= 0.6 is 11.6 Å². The molecule has 24 heavy (non-hydrogen) atoms. The van der Waals surface area contributed by atoms with E-state index in [1.165, 1.54) is 0 Å². The molecule has 0 bridgehead atoms. The highest BCUT2D eigenvalue weighted by Gasteiger charge is 2.12. The molecule has 2 heterocycles. The second-order valence-electron chi connectivity index (χ2n) is 5.67. The maximum Gasteiger partial charge on any atom is 0.165 e. The van der Waals surface area contributed by atoms with Crippen molar-refractivity contribution in [1.29, 1.82) is 0 Å². The van der Waals surface area contributed by atoms with Crippen LogP contribution in [0.1, 0.15) is 11.3 Å². The van der Waals surface area contributed by atoms with Gasteiger partial charge in [-0.2, -0.15) is 0 Å². The fraction of sp³-hybridized carbons (Fsp3) is 0.278. The minimum atomic E-state index is 0.695. The van der Waals surface area contributed by atoms with Crippen LogP contribution in [0.15, 0.2) is 42.7 Å². The zero-order valence-corrected chi connectivity index (χ0v) is 14.7. The number of nitrogens with zero attached hydrogens (tertiary/aromatic N) is 3. The summed E-state index contributed by atoms with van der Waals surface area (Å²) < 4.78 is 12.8. The van der Waals surface area contributed by atoms with Crippen molar-refractivity contribution in [2.75, 3.05) is 21.3 Å². The predicted octanol–water partition coefficient (Wildman–Crippen LogP) is 3.64. The van der Waals surface area contributed by atoms with Crippen LogP contribution in [-0.4, -0.2) is 35.6 Å². The minimum absolute atomic E-state index is 0.695. The molecular formula is C18H20ClN3O2. The summed E-state index contributed by atoms with van der Waals surface area (Å²) in [6, 6.07) is 9.67. The van der Waals surface area contributed by atoms with Crippen molar-refractivity contribution < 1.29 is 9.47 Å². The summed E-state index contributed by atoms with van der Waals surface area (Å²) in [6.45, 7) is 1.45. The van der Waals surface area contributed by atoms with Crippen molar-refractivity contribution in [1.82, 2.24) is 14.3 Å². The fourth-order valence-corrected chi connectivity index (χ4v) is 2.96. The minimum Gasteiger partial charge on any atom is -0.493 e. The number of aromatic nitrogens is 2. The van der Waals surface area contributed by atoms with Gasteiger partial charge in [0.15, 0.2) is 11.5 Å². The Morgan fingerprint density at radius 1 is 1.08 bits per heavy atom. The van der Waals surface area contributed by atoms with Crippen LogP contribution in [0.3, 0.4) is 0 Å². The van der Waals surface area contributed by atoms with Crippen LogP contribution in [0.5, 0.6) is 11.5 Å². The Hall–Kier alpha value is -2.24.